The number of aliphatic hydroxyl groups excluding tert-OH is 1. The van der Waals surface area contributed by atoms with Crippen LogP contribution in [0.2, 0.25) is 0 Å². The largest absolute Gasteiger partial charge is 0.392 e. The molecule has 0 unspecified atom stereocenters. The second kappa shape index (κ2) is 6.28. The number of hydrogen-bond acceptors (Lipinski definition) is 3. The molecule has 0 aliphatic carbocycles. The van der Waals surface area contributed by atoms with Crippen LogP contribution in [0.25, 0.3) is 0 Å². The van der Waals surface area contributed by atoms with E-state index in [0.717, 1.165) is 5.56 Å². The Kier molecular flexibility index (Phi) is 4.65. The molecule has 0 heterocycles. The summed E-state index contributed by atoms with van der Waals surface area (Å²) < 4.78 is 27.0. The summed E-state index contributed by atoms with van der Waals surface area (Å²) in [6.45, 7) is 4.06. The van der Waals surface area contributed by atoms with Gasteiger partial charge in [-0.2, -0.15) is 0 Å². The standard InChI is InChI=1S/C16H19NO3S/c1-12(2)14-5-7-15(8-6-14)17-21(19,20)16-9-3-13(11-18)4-10-16/h3-10,12,17-18H,11H2,1-2H3. The predicted octanol–water partition coefficient (Wildman–Crippen LogP) is 3.10. The van der Waals surface area contributed by atoms with Gasteiger partial charge < -0.3 is 5.11 Å². The quantitative estimate of drug-likeness (QED) is 0.892. The molecule has 2 aromatic carbocycles. The van der Waals surface area contributed by atoms with Crippen LogP contribution in [-0.4, -0.2) is 13.5 Å². The zero-order valence-electron chi connectivity index (χ0n) is 12.1. The fourth-order valence-corrected chi connectivity index (χ4v) is 2.98. The van der Waals surface area contributed by atoms with Gasteiger partial charge in [0.25, 0.3) is 10.0 Å². The maximum atomic E-state index is 12.2. The van der Waals surface area contributed by atoms with Gasteiger partial charge in [0.05, 0.1) is 11.5 Å². The lowest BCUT2D eigenvalue weighted by Crippen LogP contribution is -2.13. The Morgan fingerprint density at radius 1 is 1.00 bits per heavy atom. The molecule has 0 aliphatic rings. The fourth-order valence-electron chi connectivity index (χ4n) is 1.92. The molecule has 0 aromatic heterocycles. The summed E-state index contributed by atoms with van der Waals surface area (Å²) in [5.41, 5.74) is 2.37. The molecular formula is C16H19NO3S. The Morgan fingerprint density at radius 3 is 2.05 bits per heavy atom. The van der Waals surface area contributed by atoms with Crippen molar-refractivity contribution in [3.63, 3.8) is 0 Å². The van der Waals surface area contributed by atoms with Crippen molar-refractivity contribution in [2.75, 3.05) is 4.72 Å². The number of nitrogens with one attached hydrogen (secondary N) is 1. The van der Waals surface area contributed by atoms with Gasteiger partial charge in [0.15, 0.2) is 0 Å². The van der Waals surface area contributed by atoms with Crippen molar-refractivity contribution in [3.8, 4) is 0 Å². The molecule has 112 valence electrons. The molecule has 0 fully saturated rings. The Hall–Kier alpha value is -1.85. The highest BCUT2D eigenvalue weighted by atomic mass is 32.2. The minimum Gasteiger partial charge on any atom is -0.392 e. The van der Waals surface area contributed by atoms with E-state index in [4.69, 9.17) is 5.11 Å². The Balaban J connectivity index is 2.19. The monoisotopic (exact) mass is 305 g/mol. The Labute approximate surface area is 125 Å². The number of anilines is 1. The molecule has 0 bridgehead atoms. The topological polar surface area (TPSA) is 66.4 Å². The average molecular weight is 305 g/mol. The molecular weight excluding hydrogens is 286 g/mol. The van der Waals surface area contributed by atoms with E-state index in [9.17, 15) is 8.42 Å². The highest BCUT2D eigenvalue weighted by Crippen LogP contribution is 2.20. The van der Waals surface area contributed by atoms with Gasteiger partial charge in [-0.25, -0.2) is 8.42 Å². The Bertz CT molecular complexity index is 689. The molecule has 21 heavy (non-hydrogen) atoms. The first-order valence-corrected chi connectivity index (χ1v) is 8.23. The van der Waals surface area contributed by atoms with Gasteiger partial charge in [0, 0.05) is 5.69 Å². The van der Waals surface area contributed by atoms with Crippen LogP contribution in [0.1, 0.15) is 30.9 Å². The molecule has 2 rings (SSSR count). The minimum atomic E-state index is -3.60. The molecule has 0 radical (unpaired) electrons. The first kappa shape index (κ1) is 15.5. The van der Waals surface area contributed by atoms with Gasteiger partial charge in [-0.05, 0) is 41.3 Å². The average Bonchev–Trinajstić information content (AvgIpc) is 2.47. The van der Waals surface area contributed by atoms with Crippen molar-refractivity contribution >= 4 is 15.7 Å². The number of aliphatic hydroxyl groups is 1. The second-order valence-corrected chi connectivity index (χ2v) is 6.87. The lowest BCUT2D eigenvalue weighted by Gasteiger charge is -2.10. The van der Waals surface area contributed by atoms with Gasteiger partial charge in [-0.1, -0.05) is 38.1 Å². The summed E-state index contributed by atoms with van der Waals surface area (Å²) in [4.78, 5) is 0.174. The van der Waals surface area contributed by atoms with Gasteiger partial charge in [-0.3, -0.25) is 4.72 Å². The predicted molar refractivity (Wildman–Crippen MR) is 83.7 cm³/mol. The second-order valence-electron chi connectivity index (χ2n) is 5.18. The smallest absolute Gasteiger partial charge is 0.261 e. The third kappa shape index (κ3) is 3.83. The highest BCUT2D eigenvalue weighted by Gasteiger charge is 2.14. The van der Waals surface area contributed by atoms with E-state index >= 15 is 0 Å². The lowest BCUT2D eigenvalue weighted by atomic mass is 10.0. The fraction of sp³-hybridized carbons (Fsp3) is 0.250. The summed E-state index contributed by atoms with van der Waals surface area (Å²) >= 11 is 0. The number of rotatable bonds is 5. The lowest BCUT2D eigenvalue weighted by molar-refractivity contribution is 0.282. The van der Waals surface area contributed by atoms with Gasteiger partial charge >= 0.3 is 0 Å². The minimum absolute atomic E-state index is 0.107. The van der Waals surface area contributed by atoms with Crippen LogP contribution in [0, 0.1) is 0 Å². The number of sulfonamides is 1. The van der Waals surface area contributed by atoms with Gasteiger partial charge in [0.2, 0.25) is 0 Å². The molecule has 5 heteroatoms. The van der Waals surface area contributed by atoms with E-state index in [1.165, 1.54) is 12.1 Å². The molecule has 0 aliphatic heterocycles. The third-order valence-electron chi connectivity index (χ3n) is 3.25. The molecule has 2 aromatic rings. The van der Waals surface area contributed by atoms with Crippen molar-refractivity contribution < 1.29 is 13.5 Å². The summed E-state index contributed by atoms with van der Waals surface area (Å²) in [6, 6.07) is 13.5. The maximum Gasteiger partial charge on any atom is 0.261 e. The third-order valence-corrected chi connectivity index (χ3v) is 4.64. The summed E-state index contributed by atoms with van der Waals surface area (Å²) in [7, 11) is -3.60. The Morgan fingerprint density at radius 2 is 1.57 bits per heavy atom. The zero-order chi connectivity index (χ0) is 15.5. The number of benzene rings is 2. The SMILES string of the molecule is CC(C)c1ccc(NS(=O)(=O)c2ccc(CO)cc2)cc1. The highest BCUT2D eigenvalue weighted by molar-refractivity contribution is 7.92. The van der Waals surface area contributed by atoms with E-state index in [1.807, 2.05) is 12.1 Å². The zero-order valence-corrected chi connectivity index (χ0v) is 12.9. The van der Waals surface area contributed by atoms with Crippen molar-refractivity contribution in [3.05, 3.63) is 59.7 Å². The van der Waals surface area contributed by atoms with E-state index in [2.05, 4.69) is 18.6 Å². The molecule has 0 amide bonds. The van der Waals surface area contributed by atoms with E-state index in [1.54, 1.807) is 24.3 Å². The summed E-state index contributed by atoms with van der Waals surface area (Å²) in [5, 5.41) is 8.97. The molecule has 2 N–H and O–H groups in total. The van der Waals surface area contributed by atoms with Crippen LogP contribution in [0.4, 0.5) is 5.69 Å². The van der Waals surface area contributed by atoms with Gasteiger partial charge in [-0.15, -0.1) is 0 Å². The maximum absolute atomic E-state index is 12.2. The number of hydrogen-bond donors (Lipinski definition) is 2. The molecule has 0 spiro atoms. The summed E-state index contributed by atoms with van der Waals surface area (Å²) in [5.74, 6) is 0.404. The van der Waals surface area contributed by atoms with E-state index in [0.29, 0.717) is 17.2 Å². The van der Waals surface area contributed by atoms with Crippen LogP contribution in [0.15, 0.2) is 53.4 Å². The molecule has 4 nitrogen and oxygen atoms in total. The van der Waals surface area contributed by atoms with Crippen LogP contribution in [-0.2, 0) is 16.6 Å². The van der Waals surface area contributed by atoms with Crippen LogP contribution in [0.3, 0.4) is 0 Å². The summed E-state index contributed by atoms with van der Waals surface area (Å²) in [6.07, 6.45) is 0. The van der Waals surface area contributed by atoms with Crippen molar-refractivity contribution in [1.82, 2.24) is 0 Å². The van der Waals surface area contributed by atoms with Crippen LogP contribution < -0.4 is 4.72 Å². The van der Waals surface area contributed by atoms with Crippen molar-refractivity contribution in [2.45, 2.75) is 31.3 Å². The van der Waals surface area contributed by atoms with Gasteiger partial charge in [0.1, 0.15) is 0 Å². The van der Waals surface area contributed by atoms with E-state index in [-0.39, 0.29) is 11.5 Å². The first-order chi connectivity index (χ1) is 9.92. The van der Waals surface area contributed by atoms with E-state index < -0.39 is 10.0 Å². The molecule has 0 atom stereocenters. The van der Waals surface area contributed by atoms with Crippen LogP contribution in [0.5, 0.6) is 0 Å². The normalized spacial score (nSPS) is 11.6. The van der Waals surface area contributed by atoms with Crippen LogP contribution >= 0.6 is 0 Å². The molecule has 0 saturated carbocycles. The van der Waals surface area contributed by atoms with Crippen molar-refractivity contribution in [1.29, 1.82) is 0 Å². The van der Waals surface area contributed by atoms with Crippen molar-refractivity contribution in [2.24, 2.45) is 0 Å². The first-order valence-electron chi connectivity index (χ1n) is 6.75. The molecule has 0 saturated heterocycles.